The summed E-state index contributed by atoms with van der Waals surface area (Å²) in [5, 5.41) is 10.7. The van der Waals surface area contributed by atoms with Gasteiger partial charge in [-0.3, -0.25) is 10.1 Å². The van der Waals surface area contributed by atoms with Crippen molar-refractivity contribution in [3.05, 3.63) is 67.8 Å². The third-order valence-corrected chi connectivity index (χ3v) is 4.59. The molecule has 4 nitrogen and oxygen atoms in total. The van der Waals surface area contributed by atoms with Crippen LogP contribution < -0.4 is 4.74 Å². The minimum Gasteiger partial charge on any atom is -0.489 e. The second-order valence-electron chi connectivity index (χ2n) is 5.64. The number of nitrogens with zero attached hydrogens (tertiary/aromatic N) is 1. The lowest BCUT2D eigenvalue weighted by molar-refractivity contribution is -0.384. The number of nitro benzene ring substituents is 1. The summed E-state index contributed by atoms with van der Waals surface area (Å²) in [6.07, 6.45) is 0. The minimum atomic E-state index is -0.412. The van der Waals surface area contributed by atoms with E-state index < -0.39 is 4.92 Å². The fourth-order valence-electron chi connectivity index (χ4n) is 2.61. The maximum absolute atomic E-state index is 10.7. The molecule has 22 heavy (non-hydrogen) atoms. The first-order chi connectivity index (χ1) is 10.3. The summed E-state index contributed by atoms with van der Waals surface area (Å²) in [4.78, 5) is 10.2. The normalized spacial score (nSPS) is 10.6. The molecular formula is C18H21NO3. The molecule has 0 bridgehead atoms. The van der Waals surface area contributed by atoms with E-state index >= 15 is 0 Å². The van der Waals surface area contributed by atoms with Crippen LogP contribution in [0.5, 0.6) is 5.75 Å². The number of ether oxygens (including phenoxy) is 1. The van der Waals surface area contributed by atoms with Crippen LogP contribution in [0.1, 0.15) is 33.4 Å². The molecule has 0 N–H and O–H groups in total. The van der Waals surface area contributed by atoms with E-state index in [-0.39, 0.29) is 5.69 Å². The molecule has 0 aliphatic rings. The lowest BCUT2D eigenvalue weighted by Gasteiger charge is -2.19. The van der Waals surface area contributed by atoms with E-state index in [2.05, 4.69) is 34.6 Å². The number of nitro groups is 1. The second kappa shape index (κ2) is 6.18. The lowest BCUT2D eigenvalue weighted by atomic mass is 9.90. The molecule has 4 heteroatoms. The zero-order chi connectivity index (χ0) is 16.4. The second-order valence-corrected chi connectivity index (χ2v) is 5.64. The Morgan fingerprint density at radius 2 is 1.32 bits per heavy atom. The SMILES string of the molecule is Cc1c(C)c(C)c(COc2ccc([N+](=O)[O-])cc2)c(C)c1C. The molecule has 0 heterocycles. The number of non-ortho nitro benzene ring substituents is 1. The van der Waals surface area contributed by atoms with Crippen LogP contribution in [0.3, 0.4) is 0 Å². The summed E-state index contributed by atoms with van der Waals surface area (Å²) in [7, 11) is 0. The van der Waals surface area contributed by atoms with Gasteiger partial charge in [0.2, 0.25) is 0 Å². The molecular weight excluding hydrogens is 278 g/mol. The summed E-state index contributed by atoms with van der Waals surface area (Å²) >= 11 is 0. The van der Waals surface area contributed by atoms with E-state index in [0.717, 1.165) is 0 Å². The molecule has 0 amide bonds. The Bertz CT molecular complexity index is 689. The van der Waals surface area contributed by atoms with Crippen molar-refractivity contribution >= 4 is 5.69 Å². The monoisotopic (exact) mass is 299 g/mol. The average Bonchev–Trinajstić information content (AvgIpc) is 2.51. The summed E-state index contributed by atoms with van der Waals surface area (Å²) in [5.74, 6) is 0.639. The quantitative estimate of drug-likeness (QED) is 0.606. The number of benzene rings is 2. The van der Waals surface area contributed by atoms with Gasteiger partial charge in [-0.2, -0.15) is 0 Å². The molecule has 2 aromatic carbocycles. The van der Waals surface area contributed by atoms with Gasteiger partial charge in [-0.15, -0.1) is 0 Å². The van der Waals surface area contributed by atoms with Gasteiger partial charge in [0.25, 0.3) is 5.69 Å². The Labute approximate surface area is 130 Å². The maximum Gasteiger partial charge on any atom is 0.269 e. The molecule has 0 fully saturated rings. The van der Waals surface area contributed by atoms with Crippen molar-refractivity contribution in [3.63, 3.8) is 0 Å². The highest BCUT2D eigenvalue weighted by Crippen LogP contribution is 2.27. The molecule has 0 saturated heterocycles. The van der Waals surface area contributed by atoms with Gasteiger partial charge in [0.1, 0.15) is 12.4 Å². The molecule has 0 aliphatic carbocycles. The molecule has 0 aliphatic heterocycles. The zero-order valence-electron chi connectivity index (χ0n) is 13.7. The summed E-state index contributed by atoms with van der Waals surface area (Å²) in [6.45, 7) is 11.1. The van der Waals surface area contributed by atoms with Crippen LogP contribution >= 0.6 is 0 Å². The topological polar surface area (TPSA) is 52.4 Å². The van der Waals surface area contributed by atoms with Crippen LogP contribution in [0, 0.1) is 44.7 Å². The van der Waals surface area contributed by atoms with E-state index in [1.165, 1.54) is 45.5 Å². The van der Waals surface area contributed by atoms with Crippen molar-refractivity contribution in [1.29, 1.82) is 0 Å². The van der Waals surface area contributed by atoms with Gasteiger partial charge in [0, 0.05) is 12.1 Å². The van der Waals surface area contributed by atoms with Crippen LogP contribution in [-0.2, 0) is 6.61 Å². The van der Waals surface area contributed by atoms with Gasteiger partial charge < -0.3 is 4.74 Å². The van der Waals surface area contributed by atoms with E-state index in [1.54, 1.807) is 12.1 Å². The third-order valence-electron chi connectivity index (χ3n) is 4.59. The Hall–Kier alpha value is -2.36. The Balaban J connectivity index is 2.23. The van der Waals surface area contributed by atoms with E-state index in [9.17, 15) is 10.1 Å². The van der Waals surface area contributed by atoms with Crippen LogP contribution in [0.15, 0.2) is 24.3 Å². The van der Waals surface area contributed by atoms with E-state index in [0.29, 0.717) is 12.4 Å². The fourth-order valence-corrected chi connectivity index (χ4v) is 2.61. The first-order valence-corrected chi connectivity index (χ1v) is 7.26. The highest BCUT2D eigenvalue weighted by atomic mass is 16.6. The molecule has 0 radical (unpaired) electrons. The van der Waals surface area contributed by atoms with Gasteiger partial charge in [0.15, 0.2) is 0 Å². The van der Waals surface area contributed by atoms with Crippen molar-refractivity contribution in [2.45, 2.75) is 41.2 Å². The largest absolute Gasteiger partial charge is 0.489 e. The summed E-state index contributed by atoms with van der Waals surface area (Å²) in [5.41, 5.74) is 7.69. The molecule has 0 spiro atoms. The fraction of sp³-hybridized carbons (Fsp3) is 0.333. The Morgan fingerprint density at radius 1 is 0.864 bits per heavy atom. The maximum atomic E-state index is 10.7. The van der Waals surface area contributed by atoms with E-state index in [4.69, 9.17) is 4.74 Å². The van der Waals surface area contributed by atoms with Crippen molar-refractivity contribution in [1.82, 2.24) is 0 Å². The first-order valence-electron chi connectivity index (χ1n) is 7.26. The standard InChI is InChI=1S/C18H21NO3/c1-11-12(2)14(4)18(15(5)13(11)3)10-22-17-8-6-16(7-9-17)19(20)21/h6-9H,10H2,1-5H3. The molecule has 116 valence electrons. The average molecular weight is 299 g/mol. The number of rotatable bonds is 4. The molecule has 2 rings (SSSR count). The van der Waals surface area contributed by atoms with Crippen molar-refractivity contribution in [3.8, 4) is 5.75 Å². The van der Waals surface area contributed by atoms with Crippen molar-refractivity contribution in [2.24, 2.45) is 0 Å². The van der Waals surface area contributed by atoms with Crippen molar-refractivity contribution in [2.75, 3.05) is 0 Å². The van der Waals surface area contributed by atoms with Crippen LogP contribution in [0.2, 0.25) is 0 Å². The molecule has 0 atom stereocenters. The summed E-state index contributed by atoms with van der Waals surface area (Å²) < 4.78 is 5.82. The smallest absolute Gasteiger partial charge is 0.269 e. The Kier molecular flexibility index (Phi) is 4.50. The van der Waals surface area contributed by atoms with Gasteiger partial charge in [-0.1, -0.05) is 0 Å². The molecule has 0 unspecified atom stereocenters. The van der Waals surface area contributed by atoms with Gasteiger partial charge >= 0.3 is 0 Å². The predicted molar refractivity (Wildman–Crippen MR) is 87.6 cm³/mol. The minimum absolute atomic E-state index is 0.0711. The number of hydrogen-bond acceptors (Lipinski definition) is 3. The molecule has 2 aromatic rings. The predicted octanol–water partition coefficient (Wildman–Crippen LogP) is 4.72. The van der Waals surface area contributed by atoms with Gasteiger partial charge in [-0.25, -0.2) is 0 Å². The highest BCUT2D eigenvalue weighted by Gasteiger charge is 2.13. The third kappa shape index (κ3) is 2.96. The van der Waals surface area contributed by atoms with Crippen LogP contribution in [0.4, 0.5) is 5.69 Å². The lowest BCUT2D eigenvalue weighted by Crippen LogP contribution is -2.06. The summed E-state index contributed by atoms with van der Waals surface area (Å²) in [6, 6.07) is 6.19. The van der Waals surface area contributed by atoms with E-state index in [1.807, 2.05) is 0 Å². The Morgan fingerprint density at radius 3 is 1.77 bits per heavy atom. The van der Waals surface area contributed by atoms with Crippen molar-refractivity contribution < 1.29 is 9.66 Å². The molecule has 0 aromatic heterocycles. The number of hydrogen-bond donors (Lipinski definition) is 0. The van der Waals surface area contributed by atoms with Crippen LogP contribution in [0.25, 0.3) is 0 Å². The van der Waals surface area contributed by atoms with Crippen LogP contribution in [-0.4, -0.2) is 4.92 Å². The van der Waals surface area contributed by atoms with Gasteiger partial charge in [0.05, 0.1) is 4.92 Å². The molecule has 0 saturated carbocycles. The first kappa shape index (κ1) is 16.0. The zero-order valence-corrected chi connectivity index (χ0v) is 13.7. The van der Waals surface area contributed by atoms with Gasteiger partial charge in [-0.05, 0) is 80.1 Å². The highest BCUT2D eigenvalue weighted by molar-refractivity contribution is 5.49.